The van der Waals surface area contributed by atoms with Crippen molar-refractivity contribution in [1.82, 2.24) is 25.3 Å². The first-order valence-electron chi connectivity index (χ1n) is 13.0. The van der Waals surface area contributed by atoms with Crippen molar-refractivity contribution in [2.24, 2.45) is 11.8 Å². The van der Waals surface area contributed by atoms with Gasteiger partial charge in [-0.1, -0.05) is 44.2 Å². The number of carbonyl (C=O) groups is 4. The molecule has 3 N–H and O–H groups in total. The quantitative estimate of drug-likeness (QED) is 0.462. The van der Waals surface area contributed by atoms with Crippen molar-refractivity contribution >= 4 is 29.4 Å². The number of hydrogen-bond acceptors (Lipinski definition) is 6. The highest BCUT2D eigenvalue weighted by atomic mass is 19.4. The molecule has 2 aliphatic heterocycles. The zero-order valence-corrected chi connectivity index (χ0v) is 22.9. The fourth-order valence-corrected chi connectivity index (χ4v) is 5.55. The zero-order chi connectivity index (χ0) is 30.3. The molecule has 0 radical (unpaired) electrons. The average molecular weight is 574 g/mol. The van der Waals surface area contributed by atoms with Crippen LogP contribution in [0.25, 0.3) is 11.3 Å². The number of amides is 4. The van der Waals surface area contributed by atoms with Crippen LogP contribution in [0.2, 0.25) is 0 Å². The number of nitrogens with one attached hydrogen (secondary N) is 3. The zero-order valence-electron chi connectivity index (χ0n) is 22.9. The van der Waals surface area contributed by atoms with E-state index in [-0.39, 0.29) is 25.3 Å². The number of alkyl halides is 3. The molecule has 218 valence electrons. The van der Waals surface area contributed by atoms with Crippen LogP contribution < -0.4 is 16.0 Å². The van der Waals surface area contributed by atoms with Crippen LogP contribution in [0.15, 0.2) is 36.4 Å². The Morgan fingerprint density at radius 3 is 2.44 bits per heavy atom. The molecule has 1 saturated heterocycles. The summed E-state index contributed by atoms with van der Waals surface area (Å²) in [5, 5.41) is 21.3. The minimum atomic E-state index is -5.32. The van der Waals surface area contributed by atoms with Gasteiger partial charge >= 0.3 is 12.1 Å². The van der Waals surface area contributed by atoms with Crippen LogP contribution in [-0.2, 0) is 24.7 Å². The molecule has 0 saturated carbocycles. The lowest BCUT2D eigenvalue weighted by Gasteiger charge is -2.39. The van der Waals surface area contributed by atoms with Crippen LogP contribution in [0.4, 0.5) is 19.0 Å². The van der Waals surface area contributed by atoms with Crippen molar-refractivity contribution in [2.45, 2.75) is 56.9 Å². The number of rotatable bonds is 7. The van der Waals surface area contributed by atoms with E-state index >= 15 is 0 Å². The number of nitriles is 1. The van der Waals surface area contributed by atoms with E-state index in [9.17, 15) is 37.6 Å². The molecule has 2 aliphatic rings. The summed E-state index contributed by atoms with van der Waals surface area (Å²) in [4.78, 5) is 53.5. The fourth-order valence-electron chi connectivity index (χ4n) is 5.55. The number of halogens is 3. The predicted molar refractivity (Wildman–Crippen MR) is 140 cm³/mol. The van der Waals surface area contributed by atoms with E-state index in [1.54, 1.807) is 25.2 Å². The molecule has 14 heteroatoms. The monoisotopic (exact) mass is 573 g/mol. The van der Waals surface area contributed by atoms with Gasteiger partial charge in [-0.05, 0) is 19.3 Å². The standard InChI is InChI=1S/C27H30F3N7O4/c1-15(2)10-18(25(3,22(39)32-4)34-24(41)27(28,29)30)21(38)36-14-26(12-17(36)13-31)23(40)33-20-11-19(35-37(20)26)16-8-6-5-7-9-16/h5-9,11,15,17-18H,10,12,14H2,1-4H3,(H,32,39)(H,33,40)(H,34,41)/t17-,18+,25?,26+/m0/s1. The summed E-state index contributed by atoms with van der Waals surface area (Å²) < 4.78 is 41.2. The van der Waals surface area contributed by atoms with Crippen LogP contribution in [0.5, 0.6) is 0 Å². The SMILES string of the molecule is CNC(=O)C(C)(NC(=O)C(F)(F)F)[C@H](CC(C)C)C(=O)N1C[C@]2(C[C@H]1C#N)C(=O)Nc1cc(-c3ccccc3)nn12. The molecule has 2 aromatic rings. The van der Waals surface area contributed by atoms with E-state index in [0.717, 1.165) is 17.4 Å². The van der Waals surface area contributed by atoms with E-state index in [0.29, 0.717) is 11.5 Å². The second-order valence-electron chi connectivity index (χ2n) is 10.9. The van der Waals surface area contributed by atoms with Crippen LogP contribution in [0, 0.1) is 23.2 Å². The van der Waals surface area contributed by atoms with Crippen molar-refractivity contribution in [3.8, 4) is 17.3 Å². The lowest BCUT2D eigenvalue weighted by Crippen LogP contribution is -2.66. The fraction of sp³-hybridized carbons (Fsp3) is 0.481. The van der Waals surface area contributed by atoms with E-state index < -0.39 is 52.8 Å². The number of hydrogen-bond donors (Lipinski definition) is 3. The van der Waals surface area contributed by atoms with Gasteiger partial charge in [0.1, 0.15) is 17.4 Å². The van der Waals surface area contributed by atoms with Gasteiger partial charge in [-0.3, -0.25) is 19.2 Å². The van der Waals surface area contributed by atoms with Crippen molar-refractivity contribution < 1.29 is 32.3 Å². The smallest absolute Gasteiger partial charge is 0.357 e. The first kappa shape index (κ1) is 29.6. The topological polar surface area (TPSA) is 149 Å². The summed E-state index contributed by atoms with van der Waals surface area (Å²) in [7, 11) is 1.17. The van der Waals surface area contributed by atoms with Crippen LogP contribution >= 0.6 is 0 Å². The molecule has 1 spiro atoms. The minimum Gasteiger partial charge on any atom is -0.357 e. The van der Waals surface area contributed by atoms with Gasteiger partial charge in [0.25, 0.3) is 5.91 Å². The molecule has 1 aromatic carbocycles. The van der Waals surface area contributed by atoms with E-state index in [4.69, 9.17) is 0 Å². The van der Waals surface area contributed by atoms with Gasteiger partial charge in [0, 0.05) is 25.1 Å². The maximum absolute atomic E-state index is 14.1. The Kier molecular flexibility index (Phi) is 7.59. The number of likely N-dealkylation sites (N-methyl/N-ethyl adjacent to an activating group) is 1. The average Bonchev–Trinajstić information content (AvgIpc) is 3.59. The predicted octanol–water partition coefficient (Wildman–Crippen LogP) is 2.17. The van der Waals surface area contributed by atoms with Crippen molar-refractivity contribution in [2.75, 3.05) is 18.9 Å². The van der Waals surface area contributed by atoms with Gasteiger partial charge in [0.2, 0.25) is 11.8 Å². The van der Waals surface area contributed by atoms with Gasteiger partial charge in [0.05, 0.1) is 24.2 Å². The third-order valence-electron chi connectivity index (χ3n) is 7.65. The van der Waals surface area contributed by atoms with Gasteiger partial charge in [-0.2, -0.15) is 23.5 Å². The number of fused-ring (bicyclic) bond motifs is 2. The molecule has 11 nitrogen and oxygen atoms in total. The first-order valence-corrected chi connectivity index (χ1v) is 13.0. The van der Waals surface area contributed by atoms with Crippen LogP contribution in [0.3, 0.4) is 0 Å². The lowest BCUT2D eigenvalue weighted by atomic mass is 9.78. The molecule has 0 aliphatic carbocycles. The maximum Gasteiger partial charge on any atom is 0.471 e. The summed E-state index contributed by atoms with van der Waals surface area (Å²) >= 11 is 0. The van der Waals surface area contributed by atoms with Crippen molar-refractivity contribution in [3.63, 3.8) is 0 Å². The molecule has 4 rings (SSSR count). The van der Waals surface area contributed by atoms with E-state index in [2.05, 4.69) is 15.7 Å². The Balaban J connectivity index is 1.74. The molecule has 4 amide bonds. The van der Waals surface area contributed by atoms with Gasteiger partial charge in [0.15, 0.2) is 5.54 Å². The van der Waals surface area contributed by atoms with Crippen LogP contribution in [0.1, 0.15) is 33.6 Å². The molecule has 4 atom stereocenters. The Labute approximate surface area is 234 Å². The summed E-state index contributed by atoms with van der Waals surface area (Å²) in [5.74, 6) is -6.16. The summed E-state index contributed by atoms with van der Waals surface area (Å²) in [5.41, 5.74) is -2.45. The molecule has 1 unspecified atom stereocenters. The third-order valence-corrected chi connectivity index (χ3v) is 7.65. The number of aromatic nitrogens is 2. The molecule has 3 heterocycles. The Bertz CT molecular complexity index is 1420. The molecule has 1 aromatic heterocycles. The third kappa shape index (κ3) is 5.12. The van der Waals surface area contributed by atoms with Gasteiger partial charge in [-0.25, -0.2) is 4.68 Å². The highest BCUT2D eigenvalue weighted by Crippen LogP contribution is 2.43. The van der Waals surface area contributed by atoms with E-state index in [1.165, 1.54) is 11.7 Å². The minimum absolute atomic E-state index is 0.0973. The highest BCUT2D eigenvalue weighted by Gasteiger charge is 2.60. The first-order chi connectivity index (χ1) is 19.2. The summed E-state index contributed by atoms with van der Waals surface area (Å²) in [6.45, 7) is 4.14. The molecule has 41 heavy (non-hydrogen) atoms. The summed E-state index contributed by atoms with van der Waals surface area (Å²) in [6, 6.07) is 11.7. The number of nitrogens with zero attached hydrogens (tertiary/aromatic N) is 4. The second kappa shape index (κ2) is 10.5. The number of likely N-dealkylation sites (tertiary alicyclic amines) is 1. The van der Waals surface area contributed by atoms with Gasteiger partial charge in [-0.15, -0.1) is 0 Å². The van der Waals surface area contributed by atoms with E-state index in [1.807, 2.05) is 36.4 Å². The molecule has 1 fully saturated rings. The number of benzene rings is 1. The normalized spacial score (nSPS) is 22.1. The van der Waals surface area contributed by atoms with Crippen molar-refractivity contribution in [1.29, 1.82) is 5.26 Å². The van der Waals surface area contributed by atoms with Gasteiger partial charge < -0.3 is 20.9 Å². The van der Waals surface area contributed by atoms with Crippen LogP contribution in [-0.4, -0.2) is 69.7 Å². The second-order valence-corrected chi connectivity index (χ2v) is 10.9. The Morgan fingerprint density at radius 2 is 1.88 bits per heavy atom. The molecule has 0 bridgehead atoms. The summed E-state index contributed by atoms with van der Waals surface area (Å²) in [6.07, 6.45) is -5.55. The number of carbonyl (C=O) groups excluding carboxylic acids is 4. The highest BCUT2D eigenvalue weighted by molar-refractivity contribution is 6.02. The lowest BCUT2D eigenvalue weighted by molar-refractivity contribution is -0.177. The Hall–Kier alpha value is -4.41. The maximum atomic E-state index is 14.1. The van der Waals surface area contributed by atoms with Crippen molar-refractivity contribution in [3.05, 3.63) is 36.4 Å². The molecular weight excluding hydrogens is 543 g/mol. The largest absolute Gasteiger partial charge is 0.471 e. The molecular formula is C27H30F3N7O4. The number of anilines is 1. The Morgan fingerprint density at radius 1 is 1.22 bits per heavy atom.